The number of aryl methyl sites for hydroxylation is 2. The Balaban J connectivity index is 2.01. The predicted octanol–water partition coefficient (Wildman–Crippen LogP) is 3.02. The maximum atomic E-state index is 12.2. The summed E-state index contributed by atoms with van der Waals surface area (Å²) in [5, 5.41) is 4.29. The molecule has 0 bridgehead atoms. The average Bonchev–Trinajstić information content (AvgIpc) is 2.94. The highest BCUT2D eigenvalue weighted by atomic mass is 16.5. The van der Waals surface area contributed by atoms with E-state index in [2.05, 4.69) is 11.2 Å². The van der Waals surface area contributed by atoms with Gasteiger partial charge in [0.25, 0.3) is 5.91 Å². The molecule has 22 heavy (non-hydrogen) atoms. The third-order valence-corrected chi connectivity index (χ3v) is 3.47. The van der Waals surface area contributed by atoms with Gasteiger partial charge < -0.3 is 9.64 Å². The van der Waals surface area contributed by atoms with Gasteiger partial charge in [0, 0.05) is 19.3 Å². The summed E-state index contributed by atoms with van der Waals surface area (Å²) in [5.41, 5.74) is 2.77. The summed E-state index contributed by atoms with van der Waals surface area (Å²) in [4.78, 5) is 13.9. The lowest BCUT2D eigenvalue weighted by molar-refractivity contribution is 0.0765. The highest BCUT2D eigenvalue weighted by Crippen LogP contribution is 2.16. The molecule has 2 aromatic rings. The summed E-state index contributed by atoms with van der Waals surface area (Å²) in [6.07, 6.45) is 1.76. The Morgan fingerprint density at radius 2 is 1.82 bits per heavy atom. The molecule has 0 fully saturated rings. The van der Waals surface area contributed by atoms with Gasteiger partial charge in [0.2, 0.25) is 0 Å². The topological polar surface area (TPSA) is 47.4 Å². The van der Waals surface area contributed by atoms with Gasteiger partial charge >= 0.3 is 0 Å². The molecule has 0 aliphatic heterocycles. The maximum absolute atomic E-state index is 12.2. The SMILES string of the molecule is CCN(CC)C(=O)c1ccn(COc2cc(C)cc(C)c2)n1. The number of amides is 1. The Labute approximate surface area is 131 Å². The van der Waals surface area contributed by atoms with Crippen molar-refractivity contribution in [1.29, 1.82) is 0 Å². The van der Waals surface area contributed by atoms with Gasteiger partial charge in [-0.15, -0.1) is 0 Å². The van der Waals surface area contributed by atoms with Gasteiger partial charge in [-0.1, -0.05) is 6.07 Å². The number of carbonyl (C=O) groups excluding carboxylic acids is 1. The van der Waals surface area contributed by atoms with Crippen LogP contribution in [0.15, 0.2) is 30.5 Å². The third-order valence-electron chi connectivity index (χ3n) is 3.47. The smallest absolute Gasteiger partial charge is 0.274 e. The van der Waals surface area contributed by atoms with Gasteiger partial charge in [0.15, 0.2) is 12.4 Å². The number of aromatic nitrogens is 2. The highest BCUT2D eigenvalue weighted by Gasteiger charge is 2.15. The molecule has 118 valence electrons. The van der Waals surface area contributed by atoms with Crippen LogP contribution in [0.5, 0.6) is 5.75 Å². The molecule has 0 radical (unpaired) electrons. The van der Waals surface area contributed by atoms with Crippen molar-refractivity contribution >= 4 is 5.91 Å². The zero-order chi connectivity index (χ0) is 16.1. The molecule has 5 heteroatoms. The quantitative estimate of drug-likeness (QED) is 0.824. The Morgan fingerprint density at radius 3 is 2.41 bits per heavy atom. The van der Waals surface area contributed by atoms with E-state index in [1.54, 1.807) is 21.8 Å². The van der Waals surface area contributed by atoms with E-state index in [1.165, 1.54) is 0 Å². The number of hydrogen-bond donors (Lipinski definition) is 0. The van der Waals surface area contributed by atoms with Crippen molar-refractivity contribution in [3.8, 4) is 5.75 Å². The standard InChI is InChI=1S/C17H23N3O2/c1-5-19(6-2)17(21)16-7-8-20(18-16)12-22-15-10-13(3)9-14(4)11-15/h7-11H,5-6,12H2,1-4H3. The first-order valence-corrected chi connectivity index (χ1v) is 7.57. The Morgan fingerprint density at radius 1 is 1.18 bits per heavy atom. The number of hydrogen-bond acceptors (Lipinski definition) is 3. The van der Waals surface area contributed by atoms with Crippen LogP contribution >= 0.6 is 0 Å². The second kappa shape index (κ2) is 7.11. The molecule has 0 aliphatic rings. The van der Waals surface area contributed by atoms with Crippen molar-refractivity contribution in [2.45, 2.75) is 34.4 Å². The molecule has 0 N–H and O–H groups in total. The lowest BCUT2D eigenvalue weighted by Crippen LogP contribution is -2.30. The van der Waals surface area contributed by atoms with E-state index in [0.29, 0.717) is 18.8 Å². The largest absolute Gasteiger partial charge is 0.471 e. The van der Waals surface area contributed by atoms with Crippen LogP contribution in [0.25, 0.3) is 0 Å². The first kappa shape index (κ1) is 16.1. The van der Waals surface area contributed by atoms with Crippen molar-refractivity contribution in [3.05, 3.63) is 47.3 Å². The van der Waals surface area contributed by atoms with Crippen molar-refractivity contribution in [1.82, 2.24) is 14.7 Å². The lowest BCUT2D eigenvalue weighted by Gasteiger charge is -2.16. The minimum Gasteiger partial charge on any atom is -0.471 e. The molecule has 0 atom stereocenters. The number of carbonyl (C=O) groups is 1. The number of nitrogens with zero attached hydrogens (tertiary/aromatic N) is 3. The third kappa shape index (κ3) is 3.87. The Hall–Kier alpha value is -2.30. The Kier molecular flexibility index (Phi) is 5.20. The summed E-state index contributed by atoms with van der Waals surface area (Å²) in [7, 11) is 0. The summed E-state index contributed by atoms with van der Waals surface area (Å²) >= 11 is 0. The minimum absolute atomic E-state index is 0.0462. The van der Waals surface area contributed by atoms with Gasteiger partial charge in [0.1, 0.15) is 5.75 Å². The van der Waals surface area contributed by atoms with Gasteiger partial charge in [-0.3, -0.25) is 4.79 Å². The van der Waals surface area contributed by atoms with Gasteiger partial charge in [-0.25, -0.2) is 4.68 Å². The van der Waals surface area contributed by atoms with E-state index >= 15 is 0 Å². The molecule has 2 rings (SSSR count). The van der Waals surface area contributed by atoms with Crippen LogP contribution < -0.4 is 4.74 Å². The van der Waals surface area contributed by atoms with Gasteiger partial charge in [-0.05, 0) is 57.0 Å². The number of rotatable bonds is 6. The molecule has 0 unspecified atom stereocenters. The van der Waals surface area contributed by atoms with Crippen LogP contribution in [-0.2, 0) is 6.73 Å². The fraction of sp³-hybridized carbons (Fsp3) is 0.412. The van der Waals surface area contributed by atoms with Crippen molar-refractivity contribution < 1.29 is 9.53 Å². The van der Waals surface area contributed by atoms with E-state index in [9.17, 15) is 4.79 Å². The van der Waals surface area contributed by atoms with Crippen molar-refractivity contribution in [3.63, 3.8) is 0 Å². The molecular weight excluding hydrogens is 278 g/mol. The first-order chi connectivity index (χ1) is 10.5. The zero-order valence-electron chi connectivity index (χ0n) is 13.7. The van der Waals surface area contributed by atoms with Crippen LogP contribution in [0.2, 0.25) is 0 Å². The molecule has 5 nitrogen and oxygen atoms in total. The summed E-state index contributed by atoms with van der Waals surface area (Å²) in [6.45, 7) is 9.64. The van der Waals surface area contributed by atoms with Gasteiger partial charge in [-0.2, -0.15) is 5.10 Å². The zero-order valence-corrected chi connectivity index (χ0v) is 13.7. The number of benzene rings is 1. The van der Waals surface area contributed by atoms with Crippen LogP contribution in [0.4, 0.5) is 0 Å². The normalized spacial score (nSPS) is 10.5. The summed E-state index contributed by atoms with van der Waals surface area (Å²) in [6, 6.07) is 7.80. The highest BCUT2D eigenvalue weighted by molar-refractivity contribution is 5.92. The molecule has 1 aromatic heterocycles. The van der Waals surface area contributed by atoms with E-state index in [4.69, 9.17) is 4.74 Å². The molecule has 1 aromatic carbocycles. The van der Waals surface area contributed by atoms with Crippen LogP contribution in [0.3, 0.4) is 0 Å². The van der Waals surface area contributed by atoms with Crippen molar-refractivity contribution in [2.24, 2.45) is 0 Å². The van der Waals surface area contributed by atoms with E-state index in [-0.39, 0.29) is 12.6 Å². The monoisotopic (exact) mass is 301 g/mol. The molecular formula is C17H23N3O2. The van der Waals surface area contributed by atoms with E-state index in [1.807, 2.05) is 39.8 Å². The molecule has 0 saturated heterocycles. The van der Waals surface area contributed by atoms with E-state index in [0.717, 1.165) is 16.9 Å². The van der Waals surface area contributed by atoms with Gasteiger partial charge in [0.05, 0.1) is 0 Å². The average molecular weight is 301 g/mol. The van der Waals surface area contributed by atoms with Crippen LogP contribution in [-0.4, -0.2) is 33.7 Å². The molecule has 1 amide bonds. The summed E-state index contributed by atoms with van der Waals surface area (Å²) in [5.74, 6) is 0.764. The molecule has 0 aliphatic carbocycles. The maximum Gasteiger partial charge on any atom is 0.274 e. The van der Waals surface area contributed by atoms with Crippen LogP contribution in [0, 0.1) is 13.8 Å². The number of ether oxygens (including phenoxy) is 1. The first-order valence-electron chi connectivity index (χ1n) is 7.57. The van der Waals surface area contributed by atoms with Crippen LogP contribution in [0.1, 0.15) is 35.5 Å². The lowest BCUT2D eigenvalue weighted by atomic mass is 10.1. The minimum atomic E-state index is -0.0462. The van der Waals surface area contributed by atoms with Crippen molar-refractivity contribution in [2.75, 3.05) is 13.1 Å². The Bertz CT molecular complexity index is 625. The van der Waals surface area contributed by atoms with E-state index < -0.39 is 0 Å². The fourth-order valence-corrected chi connectivity index (χ4v) is 2.38. The second-order valence-corrected chi connectivity index (χ2v) is 5.31. The molecule has 0 saturated carbocycles. The second-order valence-electron chi connectivity index (χ2n) is 5.31. The summed E-state index contributed by atoms with van der Waals surface area (Å²) < 4.78 is 7.37. The molecule has 1 heterocycles. The molecule has 0 spiro atoms. The predicted molar refractivity (Wildman–Crippen MR) is 86.0 cm³/mol. The fourth-order valence-electron chi connectivity index (χ4n) is 2.38.